The summed E-state index contributed by atoms with van der Waals surface area (Å²) < 4.78 is 10.7. The molecule has 2 aromatic rings. The Morgan fingerprint density at radius 1 is 1.00 bits per heavy atom. The van der Waals surface area contributed by atoms with Crippen molar-refractivity contribution in [1.82, 2.24) is 10.2 Å². The van der Waals surface area contributed by atoms with Crippen LogP contribution in [0.5, 0.6) is 11.5 Å². The van der Waals surface area contributed by atoms with E-state index in [1.807, 2.05) is 42.5 Å². The molecule has 0 aromatic heterocycles. The number of hydrogen-bond acceptors (Lipinski definition) is 4. The molecule has 2 aromatic carbocycles. The fourth-order valence-electron chi connectivity index (χ4n) is 3.98. The molecule has 1 aliphatic rings. The molecule has 1 fully saturated rings. The summed E-state index contributed by atoms with van der Waals surface area (Å²) in [5, 5.41) is 3.16. The summed E-state index contributed by atoms with van der Waals surface area (Å²) in [6.07, 6.45) is 4.70. The van der Waals surface area contributed by atoms with Crippen LogP contribution in [0.4, 0.5) is 0 Å². The molecule has 1 amide bonds. The molecule has 0 spiro atoms. The minimum absolute atomic E-state index is 0.0372. The number of methoxy groups -OCH3 is 2. The van der Waals surface area contributed by atoms with Gasteiger partial charge in [0, 0.05) is 23.7 Å². The van der Waals surface area contributed by atoms with Gasteiger partial charge in [-0.05, 0) is 62.3 Å². The summed E-state index contributed by atoms with van der Waals surface area (Å²) in [5.41, 5.74) is 2.64. The summed E-state index contributed by atoms with van der Waals surface area (Å²) in [4.78, 5) is 15.1. The van der Waals surface area contributed by atoms with E-state index in [0.717, 1.165) is 35.5 Å². The maximum Gasteiger partial charge on any atom is 0.251 e. The molecule has 0 bridgehead atoms. The first-order chi connectivity index (χ1) is 13.5. The number of carbonyl (C=O) groups is 1. The summed E-state index contributed by atoms with van der Waals surface area (Å²) >= 11 is 0. The summed E-state index contributed by atoms with van der Waals surface area (Å²) in [6, 6.07) is 13.4. The van der Waals surface area contributed by atoms with Crippen LogP contribution in [0.25, 0.3) is 11.1 Å². The quantitative estimate of drug-likeness (QED) is 0.787. The van der Waals surface area contributed by atoms with Crippen LogP contribution in [0.3, 0.4) is 0 Å². The van der Waals surface area contributed by atoms with Crippen molar-refractivity contribution in [2.24, 2.45) is 0 Å². The Bertz CT molecular complexity index is 804. The standard InChI is InChI=1S/C23H30N2O3/c1-25(2)23(10-5-6-11-23)16-24-22(26)18-9-7-8-17(12-18)19-13-20(27-3)15-21(14-19)28-4/h7-9,12-15H,5-6,10-11,16H2,1-4H3,(H,24,26). The molecule has 0 aliphatic heterocycles. The van der Waals surface area contributed by atoms with Gasteiger partial charge in [-0.1, -0.05) is 25.0 Å². The molecule has 0 saturated heterocycles. The number of hydrogen-bond donors (Lipinski definition) is 1. The predicted molar refractivity (Wildman–Crippen MR) is 112 cm³/mol. The van der Waals surface area contributed by atoms with Crippen molar-refractivity contribution in [3.8, 4) is 22.6 Å². The maximum atomic E-state index is 12.8. The van der Waals surface area contributed by atoms with Gasteiger partial charge in [-0.2, -0.15) is 0 Å². The number of benzene rings is 2. The van der Waals surface area contributed by atoms with Gasteiger partial charge in [0.1, 0.15) is 11.5 Å². The van der Waals surface area contributed by atoms with Gasteiger partial charge in [0.2, 0.25) is 0 Å². The van der Waals surface area contributed by atoms with Gasteiger partial charge in [-0.25, -0.2) is 0 Å². The van der Waals surface area contributed by atoms with E-state index in [4.69, 9.17) is 9.47 Å². The molecule has 3 rings (SSSR count). The molecule has 5 nitrogen and oxygen atoms in total. The highest BCUT2D eigenvalue weighted by molar-refractivity contribution is 5.95. The zero-order chi connectivity index (χ0) is 20.1. The molecule has 0 unspecified atom stereocenters. The first-order valence-electron chi connectivity index (χ1n) is 9.76. The average molecular weight is 383 g/mol. The first-order valence-corrected chi connectivity index (χ1v) is 9.76. The lowest BCUT2D eigenvalue weighted by molar-refractivity contribution is 0.0900. The molecule has 1 aliphatic carbocycles. The molecule has 5 heteroatoms. The van der Waals surface area contributed by atoms with Crippen LogP contribution < -0.4 is 14.8 Å². The molecule has 0 radical (unpaired) electrons. The van der Waals surface area contributed by atoms with Crippen molar-refractivity contribution < 1.29 is 14.3 Å². The summed E-state index contributed by atoms with van der Waals surface area (Å²) in [7, 11) is 7.47. The SMILES string of the molecule is COc1cc(OC)cc(-c2cccc(C(=O)NCC3(N(C)C)CCCC3)c2)c1. The molecule has 28 heavy (non-hydrogen) atoms. The fourth-order valence-corrected chi connectivity index (χ4v) is 3.98. The zero-order valence-corrected chi connectivity index (χ0v) is 17.2. The lowest BCUT2D eigenvalue weighted by Gasteiger charge is -2.36. The van der Waals surface area contributed by atoms with Crippen LogP contribution >= 0.6 is 0 Å². The maximum absolute atomic E-state index is 12.8. The summed E-state index contributed by atoms with van der Waals surface area (Å²) in [6.45, 7) is 0.677. The number of ether oxygens (including phenoxy) is 2. The van der Waals surface area contributed by atoms with E-state index in [0.29, 0.717) is 12.1 Å². The fraction of sp³-hybridized carbons (Fsp3) is 0.435. The third-order valence-electron chi connectivity index (χ3n) is 5.87. The van der Waals surface area contributed by atoms with Gasteiger partial charge < -0.3 is 19.7 Å². The molecular weight excluding hydrogens is 352 g/mol. The van der Waals surface area contributed by atoms with Crippen LogP contribution in [0.15, 0.2) is 42.5 Å². The first kappa shape index (κ1) is 20.2. The minimum Gasteiger partial charge on any atom is -0.497 e. The van der Waals surface area contributed by atoms with Crippen molar-refractivity contribution in [2.45, 2.75) is 31.2 Å². The third-order valence-corrected chi connectivity index (χ3v) is 5.87. The van der Waals surface area contributed by atoms with Crippen LogP contribution in [0.2, 0.25) is 0 Å². The largest absolute Gasteiger partial charge is 0.497 e. The Balaban J connectivity index is 1.78. The predicted octanol–water partition coefficient (Wildman–Crippen LogP) is 3.98. The van der Waals surface area contributed by atoms with E-state index in [-0.39, 0.29) is 11.4 Å². The van der Waals surface area contributed by atoms with Crippen molar-refractivity contribution >= 4 is 5.91 Å². The number of rotatable bonds is 7. The van der Waals surface area contributed by atoms with Gasteiger partial charge in [0.05, 0.1) is 14.2 Å². The topological polar surface area (TPSA) is 50.8 Å². The van der Waals surface area contributed by atoms with Gasteiger partial charge in [0.15, 0.2) is 0 Å². The van der Waals surface area contributed by atoms with Gasteiger partial charge in [-0.3, -0.25) is 4.79 Å². The Hall–Kier alpha value is -2.53. The normalized spacial score (nSPS) is 15.5. The highest BCUT2D eigenvalue weighted by Crippen LogP contribution is 2.33. The molecule has 1 N–H and O–H groups in total. The Morgan fingerprint density at radius 3 is 2.21 bits per heavy atom. The van der Waals surface area contributed by atoms with E-state index < -0.39 is 0 Å². The number of likely N-dealkylation sites (N-methyl/N-ethyl adjacent to an activating group) is 1. The van der Waals surface area contributed by atoms with Crippen molar-refractivity contribution in [3.63, 3.8) is 0 Å². The minimum atomic E-state index is -0.0372. The van der Waals surface area contributed by atoms with Crippen molar-refractivity contribution in [1.29, 1.82) is 0 Å². The second-order valence-electron chi connectivity index (χ2n) is 7.69. The van der Waals surface area contributed by atoms with Crippen LogP contribution in [-0.2, 0) is 0 Å². The zero-order valence-electron chi connectivity index (χ0n) is 17.2. The smallest absolute Gasteiger partial charge is 0.251 e. The second-order valence-corrected chi connectivity index (χ2v) is 7.69. The van der Waals surface area contributed by atoms with Gasteiger partial charge in [-0.15, -0.1) is 0 Å². The number of nitrogens with zero attached hydrogens (tertiary/aromatic N) is 1. The molecular formula is C23H30N2O3. The third kappa shape index (κ3) is 4.30. The Kier molecular flexibility index (Phi) is 6.25. The highest BCUT2D eigenvalue weighted by atomic mass is 16.5. The Morgan fingerprint density at radius 2 is 1.64 bits per heavy atom. The number of carbonyl (C=O) groups excluding carboxylic acids is 1. The Labute approximate surface area is 167 Å². The molecule has 1 saturated carbocycles. The molecule has 0 atom stereocenters. The highest BCUT2D eigenvalue weighted by Gasteiger charge is 2.36. The number of nitrogens with one attached hydrogen (secondary N) is 1. The van der Waals surface area contributed by atoms with E-state index in [1.165, 1.54) is 12.8 Å². The average Bonchev–Trinajstić information content (AvgIpc) is 3.22. The van der Waals surface area contributed by atoms with E-state index in [9.17, 15) is 4.79 Å². The van der Waals surface area contributed by atoms with Crippen molar-refractivity contribution in [3.05, 3.63) is 48.0 Å². The van der Waals surface area contributed by atoms with Crippen LogP contribution in [0, 0.1) is 0 Å². The van der Waals surface area contributed by atoms with Crippen LogP contribution in [0.1, 0.15) is 36.0 Å². The van der Waals surface area contributed by atoms with Gasteiger partial charge >= 0.3 is 0 Å². The molecule has 150 valence electrons. The molecule has 0 heterocycles. The van der Waals surface area contributed by atoms with E-state index in [2.05, 4.69) is 24.3 Å². The van der Waals surface area contributed by atoms with Crippen LogP contribution in [-0.4, -0.2) is 51.2 Å². The van der Waals surface area contributed by atoms with Gasteiger partial charge in [0.25, 0.3) is 5.91 Å². The van der Waals surface area contributed by atoms with Crippen molar-refractivity contribution in [2.75, 3.05) is 34.9 Å². The van der Waals surface area contributed by atoms with E-state index in [1.54, 1.807) is 14.2 Å². The second kappa shape index (κ2) is 8.65. The lowest BCUT2D eigenvalue weighted by atomic mass is 9.95. The number of amides is 1. The monoisotopic (exact) mass is 382 g/mol. The lowest BCUT2D eigenvalue weighted by Crippen LogP contribution is -2.50. The summed E-state index contributed by atoms with van der Waals surface area (Å²) in [5.74, 6) is 1.40. The van der Waals surface area contributed by atoms with E-state index >= 15 is 0 Å².